The molecule has 0 saturated heterocycles. The van der Waals surface area contributed by atoms with E-state index >= 15 is 0 Å². The summed E-state index contributed by atoms with van der Waals surface area (Å²) in [5.74, 6) is 0.643. The van der Waals surface area contributed by atoms with Crippen molar-refractivity contribution in [2.24, 2.45) is 0 Å². The van der Waals surface area contributed by atoms with Crippen LogP contribution in [0.25, 0.3) is 10.9 Å². The van der Waals surface area contributed by atoms with E-state index in [4.69, 9.17) is 4.74 Å². The van der Waals surface area contributed by atoms with E-state index < -0.39 is 0 Å². The number of nitrogens with one attached hydrogen (secondary N) is 2. The van der Waals surface area contributed by atoms with Crippen molar-refractivity contribution in [2.45, 2.75) is 25.5 Å². The van der Waals surface area contributed by atoms with Crippen molar-refractivity contribution >= 4 is 37.8 Å². The number of likely N-dealkylation sites (N-methyl/N-ethyl adjacent to an activating group) is 1. The van der Waals surface area contributed by atoms with Gasteiger partial charge in [0, 0.05) is 39.6 Å². The summed E-state index contributed by atoms with van der Waals surface area (Å²) in [4.78, 5) is 16.6. The Balaban J connectivity index is 2.18. The van der Waals surface area contributed by atoms with Crippen LogP contribution in [-0.2, 0) is 6.42 Å². The average Bonchev–Trinajstić information content (AvgIpc) is 2.87. The van der Waals surface area contributed by atoms with E-state index in [0.29, 0.717) is 11.0 Å². The van der Waals surface area contributed by atoms with Crippen molar-refractivity contribution < 1.29 is 14.4 Å². The number of aromatic nitrogens is 1. The summed E-state index contributed by atoms with van der Waals surface area (Å²) in [5, 5.41) is 1.14. The summed E-state index contributed by atoms with van der Waals surface area (Å²) in [7, 11) is 6.94. The molecular weight excluding hydrogens is 316 g/mol. The molecule has 1 heterocycles. The molecule has 2 N–H and O–H groups in total. The third-order valence-electron chi connectivity index (χ3n) is 3.15. The van der Waals surface area contributed by atoms with Crippen LogP contribution in [-0.4, -0.2) is 36.2 Å². The van der Waals surface area contributed by atoms with Crippen LogP contribution >= 0.6 is 21.6 Å². The molecule has 0 radical (unpaired) electrons. The number of carbonyl (C=O) groups is 1. The summed E-state index contributed by atoms with van der Waals surface area (Å²) in [6.07, 6.45) is 2.96. The largest absolute Gasteiger partial charge is 0.417 e. The second-order valence-electron chi connectivity index (χ2n) is 5.78. The van der Waals surface area contributed by atoms with Gasteiger partial charge >= 0.3 is 5.30 Å². The van der Waals surface area contributed by atoms with Gasteiger partial charge in [0.15, 0.2) is 0 Å². The van der Waals surface area contributed by atoms with Crippen molar-refractivity contribution in [3.63, 3.8) is 0 Å². The second kappa shape index (κ2) is 7.94. The van der Waals surface area contributed by atoms with Crippen molar-refractivity contribution in [3.05, 3.63) is 30.0 Å². The van der Waals surface area contributed by atoms with Crippen LogP contribution in [0.15, 0.2) is 24.4 Å². The van der Waals surface area contributed by atoms with E-state index in [9.17, 15) is 4.79 Å². The van der Waals surface area contributed by atoms with Crippen molar-refractivity contribution in [1.29, 1.82) is 0 Å². The molecule has 1 aromatic heterocycles. The smallest absolute Gasteiger partial charge is 0.383 e. The lowest BCUT2D eigenvalue weighted by atomic mass is 10.1. The Hall–Kier alpha value is -1.11. The van der Waals surface area contributed by atoms with Gasteiger partial charge < -0.3 is 14.6 Å². The average molecular weight is 340 g/mol. The van der Waals surface area contributed by atoms with Crippen LogP contribution < -0.4 is 9.64 Å². The highest BCUT2D eigenvalue weighted by atomic mass is 33.1. The summed E-state index contributed by atoms with van der Waals surface area (Å²) < 4.78 is 5.56. The molecule has 0 fully saturated rings. The molecule has 4 nitrogen and oxygen atoms in total. The van der Waals surface area contributed by atoms with Gasteiger partial charge in [-0.05, 0) is 17.7 Å². The molecule has 0 amide bonds. The second-order valence-corrected chi connectivity index (χ2v) is 8.49. The monoisotopic (exact) mass is 339 g/mol. The molecule has 22 heavy (non-hydrogen) atoms. The molecule has 2 aromatic rings. The Morgan fingerprint density at radius 3 is 2.82 bits per heavy atom. The third kappa shape index (κ3) is 4.69. The molecule has 0 atom stereocenters. The van der Waals surface area contributed by atoms with Gasteiger partial charge in [0.1, 0.15) is 5.75 Å². The Bertz CT molecular complexity index is 638. The quantitative estimate of drug-likeness (QED) is 0.627. The summed E-state index contributed by atoms with van der Waals surface area (Å²) >= 11 is 0. The molecule has 1 aromatic carbocycles. The Morgan fingerprint density at radius 2 is 2.14 bits per heavy atom. The first-order valence-corrected chi connectivity index (χ1v) is 9.62. The van der Waals surface area contributed by atoms with Crippen LogP contribution in [0.5, 0.6) is 5.75 Å². The maximum atomic E-state index is 12.0. The molecule has 2 rings (SSSR count). The number of hydrogen-bond acceptors (Lipinski definition) is 4. The predicted octanol–water partition coefficient (Wildman–Crippen LogP) is 3.14. The van der Waals surface area contributed by atoms with Gasteiger partial charge in [0.05, 0.1) is 20.6 Å². The van der Waals surface area contributed by atoms with Crippen LogP contribution in [0.2, 0.25) is 0 Å². The van der Waals surface area contributed by atoms with Gasteiger partial charge in [0.25, 0.3) is 0 Å². The summed E-state index contributed by atoms with van der Waals surface area (Å²) in [6, 6.07) is 5.78. The maximum Gasteiger partial charge on any atom is 0.383 e. The van der Waals surface area contributed by atoms with Gasteiger partial charge in [-0.25, -0.2) is 4.79 Å². The first kappa shape index (κ1) is 17.2. The normalized spacial score (nSPS) is 11.5. The number of rotatable bonds is 6. The van der Waals surface area contributed by atoms with E-state index in [1.165, 1.54) is 21.3 Å². The molecule has 0 unspecified atom stereocenters. The van der Waals surface area contributed by atoms with Crippen LogP contribution in [0.1, 0.15) is 19.4 Å². The number of H-pyrrole nitrogens is 1. The van der Waals surface area contributed by atoms with Crippen molar-refractivity contribution in [2.75, 3.05) is 20.6 Å². The van der Waals surface area contributed by atoms with Crippen LogP contribution in [0.4, 0.5) is 4.79 Å². The predicted molar refractivity (Wildman–Crippen MR) is 96.0 cm³/mol. The molecule has 0 aliphatic heterocycles. The molecule has 6 heteroatoms. The summed E-state index contributed by atoms with van der Waals surface area (Å²) in [6.45, 7) is 5.15. The first-order valence-electron chi connectivity index (χ1n) is 7.40. The van der Waals surface area contributed by atoms with Gasteiger partial charge in [-0.2, -0.15) is 0 Å². The number of fused-ring (bicyclic) bond motifs is 1. The number of carbonyl (C=O) groups excluding carboxylic acids is 1. The highest BCUT2D eigenvalue weighted by Gasteiger charge is 2.14. The standard InChI is InChI=1S/C16H22N2O2S2/c1-11(2)21-22-16(19)20-14-7-5-6-13-15(14)12(10-17-13)8-9-18(3)4/h5-7,10-11,17H,8-9H2,1-4H3/p+1. The minimum Gasteiger partial charge on any atom is -0.417 e. The van der Waals surface area contributed by atoms with Gasteiger partial charge in [-0.3, -0.25) is 0 Å². The van der Waals surface area contributed by atoms with Gasteiger partial charge in [-0.15, -0.1) is 0 Å². The van der Waals surface area contributed by atoms with E-state index in [2.05, 4.69) is 32.9 Å². The lowest BCUT2D eigenvalue weighted by molar-refractivity contribution is -0.858. The Labute approximate surface area is 139 Å². The zero-order valence-corrected chi connectivity index (χ0v) is 15.1. The number of hydrogen-bond donors (Lipinski definition) is 2. The molecular formula is C16H23N2O2S2+. The minimum absolute atomic E-state index is 0.267. The molecule has 0 aliphatic rings. The number of aromatic amines is 1. The van der Waals surface area contributed by atoms with E-state index in [1.807, 2.05) is 24.4 Å². The number of ether oxygens (including phenoxy) is 1. The molecule has 120 valence electrons. The maximum absolute atomic E-state index is 12.0. The lowest BCUT2D eigenvalue weighted by Gasteiger charge is -2.09. The van der Waals surface area contributed by atoms with E-state index in [0.717, 1.165) is 34.7 Å². The zero-order valence-electron chi connectivity index (χ0n) is 13.4. The Kier molecular flexibility index (Phi) is 6.23. The SMILES string of the molecule is CC(C)SSC(=O)Oc1cccc2[nH]cc(CC[NH+](C)C)c12. The van der Waals surface area contributed by atoms with Gasteiger partial charge in [0.2, 0.25) is 0 Å². The highest BCUT2D eigenvalue weighted by Crippen LogP contribution is 2.33. The molecule has 0 saturated carbocycles. The van der Waals surface area contributed by atoms with Crippen LogP contribution in [0.3, 0.4) is 0 Å². The third-order valence-corrected chi connectivity index (χ3v) is 5.70. The number of quaternary nitrogens is 1. The Morgan fingerprint density at radius 1 is 1.36 bits per heavy atom. The van der Waals surface area contributed by atoms with Crippen molar-refractivity contribution in [3.8, 4) is 5.75 Å². The molecule has 0 aliphatic carbocycles. The fraction of sp³-hybridized carbons (Fsp3) is 0.438. The van der Waals surface area contributed by atoms with Crippen LogP contribution in [0, 0.1) is 0 Å². The highest BCUT2D eigenvalue weighted by molar-refractivity contribution is 8.82. The fourth-order valence-corrected chi connectivity index (χ4v) is 3.44. The minimum atomic E-state index is -0.267. The van der Waals surface area contributed by atoms with Crippen molar-refractivity contribution in [1.82, 2.24) is 4.98 Å². The van der Waals surface area contributed by atoms with Gasteiger partial charge in [-0.1, -0.05) is 30.7 Å². The van der Waals surface area contributed by atoms with E-state index in [-0.39, 0.29) is 5.30 Å². The fourth-order valence-electron chi connectivity index (χ4n) is 2.13. The lowest BCUT2D eigenvalue weighted by Crippen LogP contribution is -3.05. The van der Waals surface area contributed by atoms with E-state index in [1.54, 1.807) is 0 Å². The number of benzene rings is 1. The molecule has 0 spiro atoms. The first-order chi connectivity index (χ1) is 10.5. The summed E-state index contributed by atoms with van der Waals surface area (Å²) in [5.41, 5.74) is 2.21. The zero-order chi connectivity index (χ0) is 16.1. The molecule has 0 bridgehead atoms. The topological polar surface area (TPSA) is 46.5 Å².